The summed E-state index contributed by atoms with van der Waals surface area (Å²) in [5.41, 5.74) is 1.26. The van der Waals surface area contributed by atoms with Crippen LogP contribution in [0.1, 0.15) is 38.6 Å². The van der Waals surface area contributed by atoms with Gasteiger partial charge in [0.25, 0.3) is 0 Å². The molecule has 0 spiro atoms. The van der Waals surface area contributed by atoms with Crippen molar-refractivity contribution in [2.75, 3.05) is 6.54 Å². The minimum Gasteiger partial charge on any atom is -0.347 e. The number of nitrogens with one attached hydrogen (secondary N) is 2. The molecule has 0 aliphatic heterocycles. The van der Waals surface area contributed by atoms with Gasteiger partial charge in [-0.25, -0.2) is 4.98 Å². The van der Waals surface area contributed by atoms with Crippen LogP contribution in [0.3, 0.4) is 0 Å². The van der Waals surface area contributed by atoms with Crippen LogP contribution in [0.15, 0.2) is 24.5 Å². The SMILES string of the molecule is C=C(CC)CC(NCC)c1ncc[nH]1. The fourth-order valence-electron chi connectivity index (χ4n) is 1.41. The first kappa shape index (κ1) is 11.0. The molecule has 1 heterocycles. The number of nitrogens with zero attached hydrogens (tertiary/aromatic N) is 1. The lowest BCUT2D eigenvalue weighted by Gasteiger charge is -2.16. The maximum Gasteiger partial charge on any atom is 0.123 e. The van der Waals surface area contributed by atoms with Crippen LogP contribution in [-0.4, -0.2) is 16.5 Å². The van der Waals surface area contributed by atoms with Crippen molar-refractivity contribution in [1.82, 2.24) is 15.3 Å². The molecule has 0 amide bonds. The van der Waals surface area contributed by atoms with E-state index < -0.39 is 0 Å². The summed E-state index contributed by atoms with van der Waals surface area (Å²) in [5, 5.41) is 3.40. The van der Waals surface area contributed by atoms with E-state index in [0.717, 1.165) is 25.2 Å². The van der Waals surface area contributed by atoms with E-state index in [1.807, 2.05) is 6.20 Å². The summed E-state index contributed by atoms with van der Waals surface area (Å²) in [4.78, 5) is 7.40. The number of imidazole rings is 1. The molecule has 1 aromatic rings. The summed E-state index contributed by atoms with van der Waals surface area (Å²) in [5.74, 6) is 1.00. The molecule has 0 aliphatic rings. The average Bonchev–Trinajstić information content (AvgIpc) is 2.69. The van der Waals surface area contributed by atoms with Crippen LogP contribution in [0.2, 0.25) is 0 Å². The fourth-order valence-corrected chi connectivity index (χ4v) is 1.41. The molecule has 0 saturated carbocycles. The van der Waals surface area contributed by atoms with Gasteiger partial charge in [0.05, 0.1) is 6.04 Å². The van der Waals surface area contributed by atoms with E-state index in [4.69, 9.17) is 0 Å². The molecule has 0 bridgehead atoms. The summed E-state index contributed by atoms with van der Waals surface area (Å²) < 4.78 is 0. The molecule has 0 aromatic carbocycles. The van der Waals surface area contributed by atoms with Crippen molar-refractivity contribution in [3.63, 3.8) is 0 Å². The van der Waals surface area contributed by atoms with Crippen molar-refractivity contribution >= 4 is 0 Å². The zero-order valence-electron chi connectivity index (χ0n) is 9.01. The number of aromatic nitrogens is 2. The Kier molecular flexibility index (Phi) is 4.40. The monoisotopic (exact) mass is 193 g/mol. The molecule has 0 saturated heterocycles. The lowest BCUT2D eigenvalue weighted by molar-refractivity contribution is 0.520. The molecule has 0 aliphatic carbocycles. The van der Waals surface area contributed by atoms with Gasteiger partial charge >= 0.3 is 0 Å². The van der Waals surface area contributed by atoms with Crippen LogP contribution >= 0.6 is 0 Å². The topological polar surface area (TPSA) is 40.7 Å². The molecule has 1 atom stereocenters. The molecule has 1 aromatic heterocycles. The van der Waals surface area contributed by atoms with E-state index >= 15 is 0 Å². The van der Waals surface area contributed by atoms with E-state index in [1.165, 1.54) is 5.57 Å². The average molecular weight is 193 g/mol. The number of rotatable bonds is 6. The predicted molar refractivity (Wildman–Crippen MR) is 59.1 cm³/mol. The first-order chi connectivity index (χ1) is 6.77. The van der Waals surface area contributed by atoms with Crippen molar-refractivity contribution in [1.29, 1.82) is 0 Å². The molecule has 14 heavy (non-hydrogen) atoms. The Bertz CT molecular complexity index is 264. The highest BCUT2D eigenvalue weighted by molar-refractivity contribution is 5.04. The Balaban J connectivity index is 2.60. The van der Waals surface area contributed by atoms with Crippen LogP contribution in [0.25, 0.3) is 0 Å². The summed E-state index contributed by atoms with van der Waals surface area (Å²) in [6, 6.07) is 0.280. The third kappa shape index (κ3) is 3.00. The quantitative estimate of drug-likeness (QED) is 0.681. The molecule has 2 N–H and O–H groups in total. The van der Waals surface area contributed by atoms with E-state index in [2.05, 4.69) is 35.7 Å². The number of hydrogen-bond acceptors (Lipinski definition) is 2. The highest BCUT2D eigenvalue weighted by Crippen LogP contribution is 2.18. The Hall–Kier alpha value is -1.09. The Morgan fingerprint density at radius 3 is 2.93 bits per heavy atom. The zero-order chi connectivity index (χ0) is 10.4. The second kappa shape index (κ2) is 5.60. The summed E-state index contributed by atoms with van der Waals surface area (Å²) in [6.07, 6.45) is 5.63. The van der Waals surface area contributed by atoms with Crippen molar-refractivity contribution in [2.24, 2.45) is 0 Å². The van der Waals surface area contributed by atoms with Crippen molar-refractivity contribution < 1.29 is 0 Å². The standard InChI is InChI=1S/C11H19N3/c1-4-9(3)8-10(12-5-2)11-13-6-7-14-11/h6-7,10,12H,3-5,8H2,1-2H3,(H,13,14). The first-order valence-corrected chi connectivity index (χ1v) is 5.17. The molecule has 0 fully saturated rings. The number of hydrogen-bond donors (Lipinski definition) is 2. The molecule has 1 rings (SSSR count). The zero-order valence-corrected chi connectivity index (χ0v) is 9.01. The molecule has 1 unspecified atom stereocenters. The molecular weight excluding hydrogens is 174 g/mol. The van der Waals surface area contributed by atoms with Gasteiger partial charge in [0.15, 0.2) is 0 Å². The van der Waals surface area contributed by atoms with Crippen LogP contribution in [0.5, 0.6) is 0 Å². The maximum absolute atomic E-state index is 4.26. The third-order valence-corrected chi connectivity index (χ3v) is 2.29. The summed E-state index contributed by atoms with van der Waals surface area (Å²) in [7, 11) is 0. The van der Waals surface area contributed by atoms with Crippen LogP contribution in [0, 0.1) is 0 Å². The van der Waals surface area contributed by atoms with Crippen molar-refractivity contribution in [3.8, 4) is 0 Å². The maximum atomic E-state index is 4.26. The van der Waals surface area contributed by atoms with Gasteiger partial charge in [0, 0.05) is 12.4 Å². The van der Waals surface area contributed by atoms with Gasteiger partial charge in [-0.15, -0.1) is 0 Å². The van der Waals surface area contributed by atoms with Gasteiger partial charge in [-0.1, -0.05) is 26.0 Å². The van der Waals surface area contributed by atoms with Crippen molar-refractivity contribution in [3.05, 3.63) is 30.4 Å². The van der Waals surface area contributed by atoms with Gasteiger partial charge in [-0.05, 0) is 19.4 Å². The number of aromatic amines is 1. The van der Waals surface area contributed by atoms with Crippen LogP contribution in [-0.2, 0) is 0 Å². The molecular formula is C11H19N3. The van der Waals surface area contributed by atoms with E-state index in [-0.39, 0.29) is 6.04 Å². The minimum atomic E-state index is 0.280. The molecule has 3 heteroatoms. The molecule has 3 nitrogen and oxygen atoms in total. The third-order valence-electron chi connectivity index (χ3n) is 2.29. The second-order valence-corrected chi connectivity index (χ2v) is 3.39. The van der Waals surface area contributed by atoms with Crippen LogP contribution in [0.4, 0.5) is 0 Å². The highest BCUT2D eigenvalue weighted by atomic mass is 15.0. The normalized spacial score (nSPS) is 12.7. The van der Waals surface area contributed by atoms with E-state index in [1.54, 1.807) is 6.20 Å². The summed E-state index contributed by atoms with van der Waals surface area (Å²) >= 11 is 0. The Morgan fingerprint density at radius 1 is 1.64 bits per heavy atom. The predicted octanol–water partition coefficient (Wildman–Crippen LogP) is 2.42. The van der Waals surface area contributed by atoms with Gasteiger partial charge in [-0.3, -0.25) is 0 Å². The Labute approximate surface area is 85.6 Å². The van der Waals surface area contributed by atoms with Gasteiger partial charge < -0.3 is 10.3 Å². The van der Waals surface area contributed by atoms with Crippen LogP contribution < -0.4 is 5.32 Å². The highest BCUT2D eigenvalue weighted by Gasteiger charge is 2.12. The lowest BCUT2D eigenvalue weighted by atomic mass is 10.1. The molecule has 0 radical (unpaired) electrons. The van der Waals surface area contributed by atoms with Gasteiger partial charge in [-0.2, -0.15) is 0 Å². The van der Waals surface area contributed by atoms with Crippen molar-refractivity contribution in [2.45, 2.75) is 32.7 Å². The van der Waals surface area contributed by atoms with E-state index in [9.17, 15) is 0 Å². The molecule has 78 valence electrons. The largest absolute Gasteiger partial charge is 0.347 e. The first-order valence-electron chi connectivity index (χ1n) is 5.17. The lowest BCUT2D eigenvalue weighted by Crippen LogP contribution is -2.22. The summed E-state index contributed by atoms with van der Waals surface area (Å²) in [6.45, 7) is 9.20. The fraction of sp³-hybridized carbons (Fsp3) is 0.545. The van der Waals surface area contributed by atoms with Gasteiger partial charge in [0.1, 0.15) is 5.82 Å². The minimum absolute atomic E-state index is 0.280. The number of H-pyrrole nitrogens is 1. The van der Waals surface area contributed by atoms with E-state index in [0.29, 0.717) is 0 Å². The smallest absolute Gasteiger partial charge is 0.123 e. The second-order valence-electron chi connectivity index (χ2n) is 3.39. The van der Waals surface area contributed by atoms with Gasteiger partial charge in [0.2, 0.25) is 0 Å². The Morgan fingerprint density at radius 2 is 2.43 bits per heavy atom.